The summed E-state index contributed by atoms with van der Waals surface area (Å²) in [6.07, 6.45) is 3.23. The fourth-order valence-electron chi connectivity index (χ4n) is 2.27. The molecule has 118 valence electrons. The highest BCUT2D eigenvalue weighted by molar-refractivity contribution is 5.59. The maximum Gasteiger partial charge on any atom is 0.249 e. The van der Waals surface area contributed by atoms with E-state index in [-0.39, 0.29) is 0 Å². The minimum Gasteiger partial charge on any atom is -0.467 e. The van der Waals surface area contributed by atoms with Crippen LogP contribution in [-0.2, 0) is 6.54 Å². The maximum atomic E-state index is 5.28. The highest BCUT2D eigenvalue weighted by Gasteiger charge is 2.08. The number of aromatic nitrogens is 3. The Balaban J connectivity index is 1.73. The Morgan fingerprint density at radius 2 is 2.00 bits per heavy atom. The molecule has 0 aliphatic rings. The summed E-state index contributed by atoms with van der Waals surface area (Å²) in [5, 5.41) is 14.4. The molecular weight excluding hydrogens is 290 g/mol. The number of para-hydroxylation sites is 1. The summed E-state index contributed by atoms with van der Waals surface area (Å²) in [5.41, 5.74) is 2.21. The maximum absolute atomic E-state index is 5.28. The largest absolute Gasteiger partial charge is 0.467 e. The average molecular weight is 309 g/mol. The minimum absolute atomic E-state index is 0.409. The van der Waals surface area contributed by atoms with Gasteiger partial charge in [-0.1, -0.05) is 32.0 Å². The third-order valence-corrected chi connectivity index (χ3v) is 3.41. The third kappa shape index (κ3) is 3.85. The number of hydrogen-bond donors (Lipinski definition) is 2. The first-order valence-corrected chi connectivity index (χ1v) is 7.54. The molecule has 0 radical (unpaired) electrons. The molecule has 2 aromatic heterocycles. The highest BCUT2D eigenvalue weighted by Crippen LogP contribution is 2.25. The van der Waals surface area contributed by atoms with Crippen LogP contribution in [-0.4, -0.2) is 15.2 Å². The molecule has 0 spiro atoms. The SMILES string of the molecule is CC(C)c1ccccc1Nc1nncc(NCc2ccco2)n1. The van der Waals surface area contributed by atoms with Gasteiger partial charge >= 0.3 is 0 Å². The number of benzene rings is 1. The smallest absolute Gasteiger partial charge is 0.249 e. The van der Waals surface area contributed by atoms with Gasteiger partial charge < -0.3 is 15.1 Å². The molecule has 2 heterocycles. The van der Waals surface area contributed by atoms with Gasteiger partial charge in [0, 0.05) is 5.69 Å². The number of hydrogen-bond acceptors (Lipinski definition) is 6. The molecular formula is C17H19N5O. The second-order valence-corrected chi connectivity index (χ2v) is 5.47. The Bertz CT molecular complexity index is 755. The Labute approximate surface area is 135 Å². The molecule has 23 heavy (non-hydrogen) atoms. The molecule has 2 N–H and O–H groups in total. The van der Waals surface area contributed by atoms with E-state index in [1.807, 2.05) is 30.3 Å². The second kappa shape index (κ2) is 6.91. The second-order valence-electron chi connectivity index (χ2n) is 5.47. The fraction of sp³-hybridized carbons (Fsp3) is 0.235. The van der Waals surface area contributed by atoms with Crippen molar-refractivity contribution in [3.05, 3.63) is 60.2 Å². The van der Waals surface area contributed by atoms with E-state index in [4.69, 9.17) is 4.42 Å². The van der Waals surface area contributed by atoms with E-state index in [0.717, 1.165) is 11.4 Å². The highest BCUT2D eigenvalue weighted by atomic mass is 16.3. The topological polar surface area (TPSA) is 75.9 Å². The van der Waals surface area contributed by atoms with Crippen LogP contribution in [0.3, 0.4) is 0 Å². The molecule has 0 fully saturated rings. The van der Waals surface area contributed by atoms with Gasteiger partial charge in [0.25, 0.3) is 0 Å². The lowest BCUT2D eigenvalue weighted by Crippen LogP contribution is -2.06. The number of nitrogens with one attached hydrogen (secondary N) is 2. The molecule has 3 rings (SSSR count). The van der Waals surface area contributed by atoms with Crippen LogP contribution in [0, 0.1) is 0 Å². The van der Waals surface area contributed by atoms with Crippen LogP contribution in [0.2, 0.25) is 0 Å². The van der Waals surface area contributed by atoms with Gasteiger partial charge in [0.05, 0.1) is 19.0 Å². The van der Waals surface area contributed by atoms with Crippen LogP contribution in [0.1, 0.15) is 31.1 Å². The van der Waals surface area contributed by atoms with Crippen LogP contribution in [0.4, 0.5) is 17.5 Å². The lowest BCUT2D eigenvalue weighted by Gasteiger charge is -2.13. The first-order valence-electron chi connectivity index (χ1n) is 7.54. The van der Waals surface area contributed by atoms with Crippen molar-refractivity contribution >= 4 is 17.5 Å². The van der Waals surface area contributed by atoms with Crippen molar-refractivity contribution in [2.24, 2.45) is 0 Å². The fourth-order valence-corrected chi connectivity index (χ4v) is 2.27. The molecule has 6 heteroatoms. The van der Waals surface area contributed by atoms with Crippen molar-refractivity contribution in [2.45, 2.75) is 26.3 Å². The van der Waals surface area contributed by atoms with Crippen molar-refractivity contribution in [1.29, 1.82) is 0 Å². The van der Waals surface area contributed by atoms with E-state index in [0.29, 0.717) is 24.2 Å². The molecule has 6 nitrogen and oxygen atoms in total. The van der Waals surface area contributed by atoms with Gasteiger partial charge in [0.2, 0.25) is 5.95 Å². The lowest BCUT2D eigenvalue weighted by molar-refractivity contribution is 0.517. The van der Waals surface area contributed by atoms with Gasteiger partial charge in [0.1, 0.15) is 5.76 Å². The molecule has 0 atom stereocenters. The minimum atomic E-state index is 0.409. The monoisotopic (exact) mass is 309 g/mol. The van der Waals surface area contributed by atoms with Crippen molar-refractivity contribution < 1.29 is 4.42 Å². The van der Waals surface area contributed by atoms with Gasteiger partial charge in [-0.3, -0.25) is 0 Å². The number of anilines is 3. The van der Waals surface area contributed by atoms with E-state index in [9.17, 15) is 0 Å². The Morgan fingerprint density at radius 1 is 1.13 bits per heavy atom. The Morgan fingerprint density at radius 3 is 2.78 bits per heavy atom. The first kappa shape index (κ1) is 15.0. The number of nitrogens with zero attached hydrogens (tertiary/aromatic N) is 3. The molecule has 0 aliphatic heterocycles. The number of rotatable bonds is 6. The number of furan rings is 1. The summed E-state index contributed by atoms with van der Waals surface area (Å²) in [4.78, 5) is 4.43. The van der Waals surface area contributed by atoms with Crippen LogP contribution in [0.5, 0.6) is 0 Å². The summed E-state index contributed by atoms with van der Waals surface area (Å²) in [7, 11) is 0. The van der Waals surface area contributed by atoms with E-state index in [1.54, 1.807) is 12.5 Å². The van der Waals surface area contributed by atoms with Crippen molar-refractivity contribution in [2.75, 3.05) is 10.6 Å². The van der Waals surface area contributed by atoms with Gasteiger partial charge in [-0.05, 0) is 29.7 Å². The summed E-state index contributed by atoms with van der Waals surface area (Å²) >= 11 is 0. The van der Waals surface area contributed by atoms with Crippen molar-refractivity contribution in [1.82, 2.24) is 15.2 Å². The Hall–Kier alpha value is -2.89. The van der Waals surface area contributed by atoms with Gasteiger partial charge in [-0.25, -0.2) is 0 Å². The summed E-state index contributed by atoms with van der Waals surface area (Å²) in [6.45, 7) is 4.86. The summed E-state index contributed by atoms with van der Waals surface area (Å²) in [5.74, 6) is 2.35. The average Bonchev–Trinajstić information content (AvgIpc) is 3.07. The summed E-state index contributed by atoms with van der Waals surface area (Å²) < 4.78 is 5.28. The van der Waals surface area contributed by atoms with E-state index in [1.165, 1.54) is 5.56 Å². The van der Waals surface area contributed by atoms with Crippen LogP contribution in [0.25, 0.3) is 0 Å². The van der Waals surface area contributed by atoms with Gasteiger partial charge in [-0.15, -0.1) is 5.10 Å². The molecule has 3 aromatic rings. The van der Waals surface area contributed by atoms with E-state index >= 15 is 0 Å². The first-order chi connectivity index (χ1) is 11.2. The van der Waals surface area contributed by atoms with E-state index < -0.39 is 0 Å². The van der Waals surface area contributed by atoms with Crippen LogP contribution in [0.15, 0.2) is 53.3 Å². The molecule has 0 aliphatic carbocycles. The third-order valence-electron chi connectivity index (χ3n) is 3.41. The van der Waals surface area contributed by atoms with Crippen LogP contribution < -0.4 is 10.6 Å². The quantitative estimate of drug-likeness (QED) is 0.718. The standard InChI is InChI=1S/C17H19N5O/c1-12(2)14-7-3-4-8-15(14)20-17-21-16(11-19-22-17)18-10-13-6-5-9-23-13/h3-9,11-12H,10H2,1-2H3,(H2,18,20,21,22). The van der Waals surface area contributed by atoms with Crippen LogP contribution >= 0.6 is 0 Å². The zero-order valence-electron chi connectivity index (χ0n) is 13.2. The van der Waals surface area contributed by atoms with E-state index in [2.05, 4.69) is 45.7 Å². The zero-order chi connectivity index (χ0) is 16.1. The Kier molecular flexibility index (Phi) is 4.52. The molecule has 0 saturated heterocycles. The predicted molar refractivity (Wildman–Crippen MR) is 89.7 cm³/mol. The van der Waals surface area contributed by atoms with Crippen molar-refractivity contribution in [3.8, 4) is 0 Å². The zero-order valence-corrected chi connectivity index (χ0v) is 13.2. The van der Waals surface area contributed by atoms with Crippen molar-refractivity contribution in [3.63, 3.8) is 0 Å². The molecule has 0 amide bonds. The van der Waals surface area contributed by atoms with Gasteiger partial charge in [-0.2, -0.15) is 10.1 Å². The summed E-state index contributed by atoms with van der Waals surface area (Å²) in [6, 6.07) is 11.9. The lowest BCUT2D eigenvalue weighted by atomic mass is 10.0. The van der Waals surface area contributed by atoms with Gasteiger partial charge in [0.15, 0.2) is 5.82 Å². The molecule has 0 bridgehead atoms. The normalized spacial score (nSPS) is 10.7. The molecule has 0 unspecified atom stereocenters. The predicted octanol–water partition coefficient (Wildman–Crippen LogP) is 3.94. The molecule has 1 aromatic carbocycles. The molecule has 0 saturated carbocycles.